The van der Waals surface area contributed by atoms with E-state index in [9.17, 15) is 4.79 Å². The van der Waals surface area contributed by atoms with E-state index >= 15 is 0 Å². The van der Waals surface area contributed by atoms with Crippen molar-refractivity contribution in [3.05, 3.63) is 69.7 Å². The number of carbonyl (C=O) groups excluding carboxylic acids is 1. The van der Waals surface area contributed by atoms with Gasteiger partial charge >= 0.3 is 0 Å². The molecule has 0 aliphatic rings. The van der Waals surface area contributed by atoms with Gasteiger partial charge in [0.1, 0.15) is 5.01 Å². The number of nitrogens with one attached hydrogen (secondary N) is 1. The molecule has 0 saturated carbocycles. The lowest BCUT2D eigenvalue weighted by molar-refractivity contribution is -0.111. The zero-order chi connectivity index (χ0) is 19.9. The zero-order valence-electron chi connectivity index (χ0n) is 15.3. The van der Waals surface area contributed by atoms with E-state index in [4.69, 9.17) is 21.1 Å². The number of carbonyl (C=O) groups is 1. The number of hydrogen-bond acceptors (Lipinski definition) is 6. The smallest absolute Gasteiger partial charge is 0.250 e. The molecular weight excluding hydrogens is 398 g/mol. The predicted molar refractivity (Wildman–Crippen MR) is 111 cm³/mol. The highest BCUT2D eigenvalue weighted by molar-refractivity contribution is 7.15. The number of aromatic nitrogens is 2. The Bertz CT molecular complexity index is 987. The standard InChI is InChI=1S/C20H18ClN3O3S/c1-26-16-9-5-13(11-17(16)27-2)6-10-18(25)22-20-24-23-19(28-20)12-14-3-7-15(21)8-4-14/h3-11H,12H2,1-2H3,(H,22,24,25). The molecule has 1 N–H and O–H groups in total. The molecule has 2 aromatic carbocycles. The Labute approximate surface area is 171 Å². The highest BCUT2D eigenvalue weighted by Gasteiger charge is 2.08. The van der Waals surface area contributed by atoms with Crippen LogP contribution in [0.25, 0.3) is 6.08 Å². The van der Waals surface area contributed by atoms with Crippen molar-refractivity contribution in [3.8, 4) is 11.5 Å². The van der Waals surface area contributed by atoms with Crippen LogP contribution in [0.4, 0.5) is 5.13 Å². The number of benzene rings is 2. The van der Waals surface area contributed by atoms with E-state index < -0.39 is 0 Å². The van der Waals surface area contributed by atoms with Crippen LogP contribution in [0.5, 0.6) is 11.5 Å². The molecule has 0 unspecified atom stereocenters. The van der Waals surface area contributed by atoms with Gasteiger partial charge in [-0.2, -0.15) is 0 Å². The largest absolute Gasteiger partial charge is 0.493 e. The number of hydrogen-bond donors (Lipinski definition) is 1. The van der Waals surface area contributed by atoms with Crippen LogP contribution < -0.4 is 14.8 Å². The summed E-state index contributed by atoms with van der Waals surface area (Å²) in [5.74, 6) is 0.941. The number of rotatable bonds is 7. The molecule has 28 heavy (non-hydrogen) atoms. The first-order chi connectivity index (χ1) is 13.6. The molecule has 1 aromatic heterocycles. The van der Waals surface area contributed by atoms with Gasteiger partial charge in [0.15, 0.2) is 11.5 Å². The van der Waals surface area contributed by atoms with Crippen molar-refractivity contribution < 1.29 is 14.3 Å². The highest BCUT2D eigenvalue weighted by atomic mass is 35.5. The van der Waals surface area contributed by atoms with Gasteiger partial charge in [-0.05, 0) is 41.5 Å². The number of ether oxygens (including phenoxy) is 2. The Hall–Kier alpha value is -2.90. The van der Waals surface area contributed by atoms with Gasteiger partial charge in [-0.1, -0.05) is 41.1 Å². The van der Waals surface area contributed by atoms with Crippen LogP contribution in [0.2, 0.25) is 5.02 Å². The van der Waals surface area contributed by atoms with Crippen LogP contribution >= 0.6 is 22.9 Å². The lowest BCUT2D eigenvalue weighted by Crippen LogP contribution is -2.07. The van der Waals surface area contributed by atoms with Gasteiger partial charge in [0.25, 0.3) is 0 Å². The molecule has 0 saturated heterocycles. The summed E-state index contributed by atoms with van der Waals surface area (Å²) in [6.45, 7) is 0. The van der Waals surface area contributed by atoms with E-state index in [0.717, 1.165) is 16.1 Å². The number of anilines is 1. The minimum Gasteiger partial charge on any atom is -0.493 e. The number of halogens is 1. The van der Waals surface area contributed by atoms with Crippen molar-refractivity contribution >= 4 is 40.1 Å². The molecule has 144 valence electrons. The average molecular weight is 416 g/mol. The zero-order valence-corrected chi connectivity index (χ0v) is 16.9. The topological polar surface area (TPSA) is 73.3 Å². The van der Waals surface area contributed by atoms with Gasteiger partial charge < -0.3 is 9.47 Å². The van der Waals surface area contributed by atoms with E-state index in [1.165, 1.54) is 17.4 Å². The van der Waals surface area contributed by atoms with Crippen LogP contribution in [0, 0.1) is 0 Å². The summed E-state index contributed by atoms with van der Waals surface area (Å²) >= 11 is 7.22. The van der Waals surface area contributed by atoms with E-state index in [1.54, 1.807) is 32.4 Å². The SMILES string of the molecule is COc1ccc(C=CC(=O)Nc2nnc(Cc3ccc(Cl)cc3)s2)cc1OC. The maximum Gasteiger partial charge on any atom is 0.250 e. The average Bonchev–Trinajstić information content (AvgIpc) is 3.14. The van der Waals surface area contributed by atoms with E-state index in [-0.39, 0.29) is 5.91 Å². The third kappa shape index (κ3) is 5.31. The molecule has 3 rings (SSSR count). The van der Waals surface area contributed by atoms with Crippen molar-refractivity contribution in [2.24, 2.45) is 0 Å². The van der Waals surface area contributed by atoms with Gasteiger partial charge in [-0.25, -0.2) is 0 Å². The summed E-state index contributed by atoms with van der Waals surface area (Å²) in [6.07, 6.45) is 3.75. The number of amides is 1. The molecule has 0 aliphatic carbocycles. The van der Waals surface area contributed by atoms with Gasteiger partial charge in [0, 0.05) is 17.5 Å². The van der Waals surface area contributed by atoms with Crippen molar-refractivity contribution in [2.45, 2.75) is 6.42 Å². The Morgan fingerprint density at radius 3 is 2.57 bits per heavy atom. The van der Waals surface area contributed by atoms with Crippen LogP contribution in [0.15, 0.2) is 48.5 Å². The maximum absolute atomic E-state index is 12.1. The minimum atomic E-state index is -0.288. The van der Waals surface area contributed by atoms with E-state index in [1.807, 2.05) is 30.3 Å². The summed E-state index contributed by atoms with van der Waals surface area (Å²) in [7, 11) is 3.14. The number of nitrogens with zero attached hydrogens (tertiary/aromatic N) is 2. The quantitative estimate of drug-likeness (QED) is 0.577. The predicted octanol–water partition coefficient (Wildman–Crippen LogP) is 4.45. The lowest BCUT2D eigenvalue weighted by Gasteiger charge is -2.07. The van der Waals surface area contributed by atoms with Crippen molar-refractivity contribution in [1.29, 1.82) is 0 Å². The highest BCUT2D eigenvalue weighted by Crippen LogP contribution is 2.28. The van der Waals surface area contributed by atoms with Gasteiger partial charge in [0.2, 0.25) is 11.0 Å². The summed E-state index contributed by atoms with van der Waals surface area (Å²) in [5, 5.41) is 12.8. The third-order valence-corrected chi connectivity index (χ3v) is 4.89. The monoisotopic (exact) mass is 415 g/mol. The van der Waals surface area contributed by atoms with Crippen LogP contribution in [0.1, 0.15) is 16.1 Å². The normalized spacial score (nSPS) is 10.8. The molecule has 0 bridgehead atoms. The fraction of sp³-hybridized carbons (Fsp3) is 0.150. The van der Waals surface area contributed by atoms with E-state index in [0.29, 0.717) is 28.1 Å². The van der Waals surface area contributed by atoms with Crippen LogP contribution in [0.3, 0.4) is 0 Å². The van der Waals surface area contributed by atoms with E-state index in [2.05, 4.69) is 15.5 Å². The van der Waals surface area contributed by atoms with Crippen LogP contribution in [-0.4, -0.2) is 30.3 Å². The molecule has 0 radical (unpaired) electrons. The minimum absolute atomic E-state index is 0.288. The van der Waals surface area contributed by atoms with Gasteiger partial charge in [-0.3, -0.25) is 10.1 Å². The second-order valence-corrected chi connectivity index (χ2v) is 7.24. The lowest BCUT2D eigenvalue weighted by atomic mass is 10.2. The molecule has 3 aromatic rings. The Kier molecular flexibility index (Phi) is 6.62. The van der Waals surface area contributed by atoms with Gasteiger partial charge in [0.05, 0.1) is 14.2 Å². The second kappa shape index (κ2) is 9.34. The maximum atomic E-state index is 12.1. The third-order valence-electron chi connectivity index (χ3n) is 3.80. The molecule has 1 amide bonds. The van der Waals surface area contributed by atoms with Gasteiger partial charge in [-0.15, -0.1) is 10.2 Å². The first-order valence-corrected chi connectivity index (χ1v) is 9.54. The second-order valence-electron chi connectivity index (χ2n) is 5.74. The molecule has 0 spiro atoms. The molecule has 1 heterocycles. The molecular formula is C20H18ClN3O3S. The Morgan fingerprint density at radius 1 is 1.11 bits per heavy atom. The number of methoxy groups -OCH3 is 2. The summed E-state index contributed by atoms with van der Waals surface area (Å²) in [5.41, 5.74) is 1.89. The summed E-state index contributed by atoms with van der Waals surface area (Å²) in [4.78, 5) is 12.1. The molecule has 0 atom stereocenters. The first kappa shape index (κ1) is 19.9. The van der Waals surface area contributed by atoms with Crippen molar-refractivity contribution in [3.63, 3.8) is 0 Å². The summed E-state index contributed by atoms with van der Waals surface area (Å²) in [6, 6.07) is 12.9. The Morgan fingerprint density at radius 2 is 1.86 bits per heavy atom. The summed E-state index contributed by atoms with van der Waals surface area (Å²) < 4.78 is 10.5. The Balaban J connectivity index is 1.60. The fourth-order valence-electron chi connectivity index (χ4n) is 2.43. The van der Waals surface area contributed by atoms with Crippen molar-refractivity contribution in [1.82, 2.24) is 10.2 Å². The van der Waals surface area contributed by atoms with Crippen LogP contribution in [-0.2, 0) is 11.2 Å². The molecule has 0 aliphatic heterocycles. The van der Waals surface area contributed by atoms with Crippen molar-refractivity contribution in [2.75, 3.05) is 19.5 Å². The molecule has 6 nitrogen and oxygen atoms in total. The first-order valence-electron chi connectivity index (χ1n) is 8.35. The molecule has 8 heteroatoms. The fourth-order valence-corrected chi connectivity index (χ4v) is 3.33. The molecule has 0 fully saturated rings.